The van der Waals surface area contributed by atoms with E-state index in [0.717, 1.165) is 21.9 Å². The maximum Gasteiger partial charge on any atom is 0.262 e. The van der Waals surface area contributed by atoms with Gasteiger partial charge in [-0.1, -0.05) is 12.1 Å². The molecule has 0 saturated heterocycles. The highest BCUT2D eigenvalue weighted by molar-refractivity contribution is 6.22. The number of nitrogens with one attached hydrogen (secondary N) is 1. The van der Waals surface area contributed by atoms with E-state index in [-0.39, 0.29) is 12.5 Å². The summed E-state index contributed by atoms with van der Waals surface area (Å²) in [5, 5.41) is 7.11. The maximum atomic E-state index is 12.2. The quantitative estimate of drug-likeness (QED) is 0.823. The Morgan fingerprint density at radius 2 is 1.72 bits per heavy atom. The smallest absolute Gasteiger partial charge is 0.262 e. The maximum absolute atomic E-state index is 12.2. The number of aryl methyl sites for hydroxylation is 2. The molecule has 3 rings (SSSR count). The molecule has 0 bridgehead atoms. The first kappa shape index (κ1) is 16.9. The van der Waals surface area contributed by atoms with E-state index in [9.17, 15) is 14.4 Å². The van der Waals surface area contributed by atoms with Crippen LogP contribution in [-0.2, 0) is 18.3 Å². The first-order valence-corrected chi connectivity index (χ1v) is 8.11. The molecule has 3 amide bonds. The molecule has 2 heterocycles. The van der Waals surface area contributed by atoms with Crippen molar-refractivity contribution in [1.29, 1.82) is 0 Å². The summed E-state index contributed by atoms with van der Waals surface area (Å²) in [6.07, 6.45) is 0.652. The van der Waals surface area contributed by atoms with Crippen molar-refractivity contribution in [3.05, 3.63) is 52.3 Å². The van der Waals surface area contributed by atoms with Crippen LogP contribution in [0.25, 0.3) is 0 Å². The zero-order valence-electron chi connectivity index (χ0n) is 14.5. The summed E-state index contributed by atoms with van der Waals surface area (Å²) < 4.78 is 1.81. The zero-order chi connectivity index (χ0) is 18.1. The Bertz CT molecular complexity index is 834. The van der Waals surface area contributed by atoms with E-state index in [1.807, 2.05) is 25.6 Å². The Morgan fingerprint density at radius 3 is 2.24 bits per heavy atom. The van der Waals surface area contributed by atoms with Gasteiger partial charge in [0, 0.05) is 19.3 Å². The minimum absolute atomic E-state index is 0.267. The van der Waals surface area contributed by atoms with Crippen LogP contribution in [0.15, 0.2) is 24.3 Å². The average molecular weight is 340 g/mol. The SMILES string of the molecule is Cc1nn(C)c(C)c1CCNC(=O)CN1C(=O)c2ccccc2C1=O. The van der Waals surface area contributed by atoms with Gasteiger partial charge < -0.3 is 5.32 Å². The zero-order valence-corrected chi connectivity index (χ0v) is 14.5. The molecule has 0 aliphatic carbocycles. The van der Waals surface area contributed by atoms with Gasteiger partial charge >= 0.3 is 0 Å². The van der Waals surface area contributed by atoms with Gasteiger partial charge in [0.15, 0.2) is 0 Å². The van der Waals surface area contributed by atoms with E-state index in [2.05, 4.69) is 10.4 Å². The Kier molecular flexibility index (Phi) is 4.39. The molecule has 0 spiro atoms. The number of hydrogen-bond acceptors (Lipinski definition) is 4. The van der Waals surface area contributed by atoms with Crippen molar-refractivity contribution in [2.75, 3.05) is 13.1 Å². The molecule has 0 atom stereocenters. The monoisotopic (exact) mass is 340 g/mol. The molecule has 1 aromatic heterocycles. The summed E-state index contributed by atoms with van der Waals surface area (Å²) in [6.45, 7) is 4.08. The summed E-state index contributed by atoms with van der Waals surface area (Å²) in [5.41, 5.74) is 3.80. The lowest BCUT2D eigenvalue weighted by Gasteiger charge is -2.13. The fourth-order valence-corrected chi connectivity index (χ4v) is 3.09. The van der Waals surface area contributed by atoms with Gasteiger partial charge in [-0.3, -0.25) is 24.0 Å². The number of nitrogens with zero attached hydrogens (tertiary/aromatic N) is 3. The van der Waals surface area contributed by atoms with Gasteiger partial charge in [-0.2, -0.15) is 5.10 Å². The lowest BCUT2D eigenvalue weighted by atomic mass is 10.1. The van der Waals surface area contributed by atoms with Crippen molar-refractivity contribution >= 4 is 17.7 Å². The molecule has 1 aliphatic rings. The molecule has 0 fully saturated rings. The molecule has 7 heteroatoms. The number of benzene rings is 1. The van der Waals surface area contributed by atoms with Crippen LogP contribution in [0, 0.1) is 13.8 Å². The van der Waals surface area contributed by atoms with Gasteiger partial charge in [-0.25, -0.2) is 0 Å². The van der Waals surface area contributed by atoms with E-state index in [4.69, 9.17) is 0 Å². The van der Waals surface area contributed by atoms with Crippen molar-refractivity contribution in [2.24, 2.45) is 7.05 Å². The van der Waals surface area contributed by atoms with E-state index >= 15 is 0 Å². The van der Waals surface area contributed by atoms with Crippen molar-refractivity contribution in [1.82, 2.24) is 20.0 Å². The number of carbonyl (C=O) groups excluding carboxylic acids is 3. The van der Waals surface area contributed by atoms with Crippen LogP contribution in [0.5, 0.6) is 0 Å². The predicted octanol–water partition coefficient (Wildman–Crippen LogP) is 0.992. The minimum Gasteiger partial charge on any atom is -0.354 e. The average Bonchev–Trinajstić information content (AvgIpc) is 2.97. The van der Waals surface area contributed by atoms with Gasteiger partial charge in [0.25, 0.3) is 11.8 Å². The molecular formula is C18H20N4O3. The Balaban J connectivity index is 1.57. The van der Waals surface area contributed by atoms with E-state index in [1.54, 1.807) is 24.3 Å². The van der Waals surface area contributed by atoms with Crippen LogP contribution in [0.2, 0.25) is 0 Å². The third kappa shape index (κ3) is 3.05. The number of imide groups is 1. The molecule has 0 radical (unpaired) electrons. The Labute approximate surface area is 145 Å². The van der Waals surface area contributed by atoms with E-state index in [0.29, 0.717) is 24.1 Å². The second kappa shape index (κ2) is 6.51. The lowest BCUT2D eigenvalue weighted by Crippen LogP contribution is -2.40. The third-order valence-corrected chi connectivity index (χ3v) is 4.54. The summed E-state index contributed by atoms with van der Waals surface area (Å²) in [7, 11) is 1.88. The summed E-state index contributed by atoms with van der Waals surface area (Å²) in [5.74, 6) is -1.20. The molecule has 2 aromatic rings. The predicted molar refractivity (Wildman–Crippen MR) is 91.2 cm³/mol. The topological polar surface area (TPSA) is 84.3 Å². The van der Waals surface area contributed by atoms with Crippen LogP contribution in [0.1, 0.15) is 37.7 Å². The Hall–Kier alpha value is -2.96. The number of carbonyl (C=O) groups is 3. The molecule has 1 aromatic carbocycles. The molecule has 0 saturated carbocycles. The van der Waals surface area contributed by atoms with Gasteiger partial charge in [0.2, 0.25) is 5.91 Å². The van der Waals surface area contributed by atoms with Gasteiger partial charge in [-0.15, -0.1) is 0 Å². The van der Waals surface area contributed by atoms with Crippen LogP contribution in [0.4, 0.5) is 0 Å². The second-order valence-corrected chi connectivity index (χ2v) is 6.11. The van der Waals surface area contributed by atoms with E-state index < -0.39 is 11.8 Å². The summed E-state index contributed by atoms with van der Waals surface area (Å²) in [6, 6.07) is 6.60. The van der Waals surface area contributed by atoms with Gasteiger partial charge in [0.1, 0.15) is 6.54 Å². The molecule has 7 nitrogen and oxygen atoms in total. The summed E-state index contributed by atoms with van der Waals surface area (Å²) >= 11 is 0. The molecule has 130 valence electrons. The summed E-state index contributed by atoms with van der Waals surface area (Å²) in [4.78, 5) is 37.6. The van der Waals surface area contributed by atoms with Gasteiger partial charge in [0.05, 0.1) is 16.8 Å². The highest BCUT2D eigenvalue weighted by Crippen LogP contribution is 2.21. The van der Waals surface area contributed by atoms with Crippen molar-refractivity contribution in [3.8, 4) is 0 Å². The molecule has 0 unspecified atom stereocenters. The van der Waals surface area contributed by atoms with Crippen molar-refractivity contribution in [2.45, 2.75) is 20.3 Å². The minimum atomic E-state index is -0.422. The molecule has 1 N–H and O–H groups in total. The first-order valence-electron chi connectivity index (χ1n) is 8.11. The molecule has 1 aliphatic heterocycles. The van der Waals surface area contributed by atoms with E-state index in [1.165, 1.54) is 0 Å². The van der Waals surface area contributed by atoms with Crippen molar-refractivity contribution < 1.29 is 14.4 Å². The fraction of sp³-hybridized carbons (Fsp3) is 0.333. The van der Waals surface area contributed by atoms with Gasteiger partial charge in [-0.05, 0) is 38.0 Å². The lowest BCUT2D eigenvalue weighted by molar-refractivity contribution is -0.121. The number of hydrogen-bond donors (Lipinski definition) is 1. The molecule has 25 heavy (non-hydrogen) atoms. The Morgan fingerprint density at radius 1 is 1.12 bits per heavy atom. The highest BCUT2D eigenvalue weighted by atomic mass is 16.2. The molecular weight excluding hydrogens is 320 g/mol. The van der Waals surface area contributed by atoms with Crippen LogP contribution < -0.4 is 5.32 Å². The first-order chi connectivity index (χ1) is 11.9. The van der Waals surface area contributed by atoms with Crippen LogP contribution in [0.3, 0.4) is 0 Å². The number of aromatic nitrogens is 2. The second-order valence-electron chi connectivity index (χ2n) is 6.11. The van der Waals surface area contributed by atoms with Crippen LogP contribution in [-0.4, -0.2) is 45.5 Å². The van der Waals surface area contributed by atoms with Crippen molar-refractivity contribution in [3.63, 3.8) is 0 Å². The third-order valence-electron chi connectivity index (χ3n) is 4.54. The number of rotatable bonds is 5. The highest BCUT2D eigenvalue weighted by Gasteiger charge is 2.36. The largest absolute Gasteiger partial charge is 0.354 e. The fourth-order valence-electron chi connectivity index (χ4n) is 3.09. The standard InChI is InChI=1S/C18H20N4O3/c1-11-13(12(2)21(3)20-11)8-9-19-16(23)10-22-17(24)14-6-4-5-7-15(14)18(22)25/h4-7H,8-10H2,1-3H3,(H,19,23). The normalized spacial score (nSPS) is 13.3. The number of amides is 3. The van der Waals surface area contributed by atoms with Crippen LogP contribution >= 0.6 is 0 Å². The number of fused-ring (bicyclic) bond motifs is 1.